The molecule has 4 nitrogen and oxygen atoms in total. The van der Waals surface area contributed by atoms with Crippen LogP contribution >= 0.6 is 0 Å². The van der Waals surface area contributed by atoms with E-state index >= 15 is 0 Å². The first kappa shape index (κ1) is 11.8. The van der Waals surface area contributed by atoms with Gasteiger partial charge in [-0.05, 0) is 37.5 Å². The van der Waals surface area contributed by atoms with E-state index in [4.69, 9.17) is 0 Å². The van der Waals surface area contributed by atoms with Crippen LogP contribution in [0.15, 0.2) is 36.8 Å². The number of rotatable bonds is 4. The third-order valence-corrected chi connectivity index (χ3v) is 3.39. The molecule has 0 bridgehead atoms. The van der Waals surface area contributed by atoms with Crippen LogP contribution in [0, 0.1) is 18.3 Å². The predicted octanol–water partition coefficient (Wildman–Crippen LogP) is 3.20. The molecule has 1 N–H and O–H groups in total. The number of hydrogen-bond acceptors (Lipinski definition) is 3. The molecule has 0 amide bonds. The Hall–Kier alpha value is -2.28. The molecule has 0 spiro atoms. The van der Waals surface area contributed by atoms with E-state index < -0.39 is 0 Å². The molecule has 1 fully saturated rings. The fraction of sp³-hybridized carbons (Fsp3) is 0.333. The first-order valence-electron chi connectivity index (χ1n) is 6.52. The molecule has 1 aromatic carbocycles. The monoisotopic (exact) mass is 252 g/mol. The normalized spacial score (nSPS) is 15.8. The fourth-order valence-electron chi connectivity index (χ4n) is 2.27. The lowest BCUT2D eigenvalue weighted by Crippen LogP contribution is -2.13. The van der Waals surface area contributed by atoms with E-state index in [0.717, 1.165) is 11.4 Å². The van der Waals surface area contributed by atoms with E-state index in [1.165, 1.54) is 18.4 Å². The van der Waals surface area contributed by atoms with Gasteiger partial charge in [0, 0.05) is 11.7 Å². The number of nitrogens with zero attached hydrogens (tertiary/aromatic N) is 3. The highest BCUT2D eigenvalue weighted by Crippen LogP contribution is 2.37. The lowest BCUT2D eigenvalue weighted by atomic mass is 10.2. The van der Waals surface area contributed by atoms with Crippen LogP contribution in [0.2, 0.25) is 0 Å². The summed E-state index contributed by atoms with van der Waals surface area (Å²) in [5, 5.41) is 12.7. The van der Waals surface area contributed by atoms with Gasteiger partial charge in [-0.3, -0.25) is 0 Å². The zero-order valence-electron chi connectivity index (χ0n) is 10.9. The van der Waals surface area contributed by atoms with Crippen molar-refractivity contribution in [2.75, 3.05) is 5.32 Å². The lowest BCUT2D eigenvalue weighted by Gasteiger charge is -2.15. The molecule has 3 rings (SSSR count). The SMILES string of the molecule is Cc1cccc(NC(C#N)c2cncn2C2CC2)c1. The Morgan fingerprint density at radius 2 is 2.32 bits per heavy atom. The Kier molecular flexibility index (Phi) is 2.96. The minimum Gasteiger partial charge on any atom is -0.365 e. The van der Waals surface area contributed by atoms with E-state index in [0.29, 0.717) is 6.04 Å². The average molecular weight is 252 g/mol. The van der Waals surface area contributed by atoms with Crippen LogP contribution in [-0.2, 0) is 0 Å². The largest absolute Gasteiger partial charge is 0.365 e. The quantitative estimate of drug-likeness (QED) is 0.909. The van der Waals surface area contributed by atoms with Crippen LogP contribution in [0.1, 0.15) is 36.2 Å². The Bertz CT molecular complexity index is 619. The number of nitriles is 1. The third kappa shape index (κ3) is 2.45. The number of nitrogens with one attached hydrogen (secondary N) is 1. The number of aryl methyl sites for hydroxylation is 1. The van der Waals surface area contributed by atoms with Gasteiger partial charge in [0.25, 0.3) is 0 Å². The van der Waals surface area contributed by atoms with Crippen LogP contribution in [0.3, 0.4) is 0 Å². The number of imidazole rings is 1. The Morgan fingerprint density at radius 3 is 3.00 bits per heavy atom. The molecule has 2 aromatic rings. The summed E-state index contributed by atoms with van der Waals surface area (Å²) in [6.07, 6.45) is 5.99. The van der Waals surface area contributed by atoms with E-state index in [1.807, 2.05) is 37.5 Å². The van der Waals surface area contributed by atoms with Crippen molar-refractivity contribution in [1.29, 1.82) is 5.26 Å². The molecule has 1 unspecified atom stereocenters. The maximum atomic E-state index is 9.40. The summed E-state index contributed by atoms with van der Waals surface area (Å²) in [7, 11) is 0. The first-order valence-corrected chi connectivity index (χ1v) is 6.52. The molecule has 0 saturated heterocycles. The zero-order chi connectivity index (χ0) is 13.2. The number of benzene rings is 1. The van der Waals surface area contributed by atoms with Crippen LogP contribution < -0.4 is 5.32 Å². The molecule has 0 radical (unpaired) electrons. The summed E-state index contributed by atoms with van der Waals surface area (Å²) in [6, 6.07) is 10.6. The van der Waals surface area contributed by atoms with Gasteiger partial charge in [0.1, 0.15) is 0 Å². The summed E-state index contributed by atoms with van der Waals surface area (Å²) in [5.74, 6) is 0. The van der Waals surface area contributed by atoms with Gasteiger partial charge in [-0.2, -0.15) is 5.26 Å². The van der Waals surface area contributed by atoms with Crippen molar-refractivity contribution in [2.24, 2.45) is 0 Å². The van der Waals surface area contributed by atoms with Gasteiger partial charge < -0.3 is 9.88 Å². The standard InChI is InChI=1S/C15H16N4/c1-11-3-2-4-12(7-11)18-14(8-16)15-9-17-10-19(15)13-5-6-13/h2-4,7,9-10,13-14,18H,5-6H2,1H3. The molecule has 1 aliphatic rings. The van der Waals surface area contributed by atoms with E-state index in [1.54, 1.807) is 6.20 Å². The highest BCUT2D eigenvalue weighted by atomic mass is 15.1. The molecule has 1 aromatic heterocycles. The highest BCUT2D eigenvalue weighted by molar-refractivity contribution is 5.48. The molecule has 1 heterocycles. The minimum absolute atomic E-state index is 0.357. The number of hydrogen-bond donors (Lipinski definition) is 1. The molecule has 19 heavy (non-hydrogen) atoms. The topological polar surface area (TPSA) is 53.6 Å². The van der Waals surface area contributed by atoms with Gasteiger partial charge in [0.15, 0.2) is 6.04 Å². The van der Waals surface area contributed by atoms with Gasteiger partial charge in [-0.1, -0.05) is 12.1 Å². The van der Waals surface area contributed by atoms with E-state index in [2.05, 4.69) is 20.9 Å². The summed E-state index contributed by atoms with van der Waals surface area (Å²) in [5.41, 5.74) is 3.10. The fourth-order valence-corrected chi connectivity index (χ4v) is 2.27. The summed E-state index contributed by atoms with van der Waals surface area (Å²) >= 11 is 0. The molecule has 1 saturated carbocycles. The zero-order valence-corrected chi connectivity index (χ0v) is 10.9. The Morgan fingerprint density at radius 1 is 1.47 bits per heavy atom. The first-order chi connectivity index (χ1) is 9.28. The van der Waals surface area contributed by atoms with Crippen molar-refractivity contribution in [3.63, 3.8) is 0 Å². The van der Waals surface area contributed by atoms with Crippen molar-refractivity contribution in [2.45, 2.75) is 31.8 Å². The summed E-state index contributed by atoms with van der Waals surface area (Å²) in [4.78, 5) is 4.18. The molecule has 4 heteroatoms. The third-order valence-electron chi connectivity index (χ3n) is 3.39. The second-order valence-corrected chi connectivity index (χ2v) is 5.03. The maximum Gasteiger partial charge on any atom is 0.156 e. The van der Waals surface area contributed by atoms with Crippen molar-refractivity contribution in [1.82, 2.24) is 9.55 Å². The van der Waals surface area contributed by atoms with Crippen molar-refractivity contribution >= 4 is 5.69 Å². The van der Waals surface area contributed by atoms with Crippen LogP contribution in [0.25, 0.3) is 0 Å². The molecule has 1 atom stereocenters. The summed E-state index contributed by atoms with van der Waals surface area (Å²) in [6.45, 7) is 2.04. The van der Waals surface area contributed by atoms with Gasteiger partial charge in [0.2, 0.25) is 0 Å². The van der Waals surface area contributed by atoms with Crippen LogP contribution in [0.5, 0.6) is 0 Å². The highest BCUT2D eigenvalue weighted by Gasteiger charge is 2.27. The molecule has 1 aliphatic carbocycles. The van der Waals surface area contributed by atoms with Crippen LogP contribution in [0.4, 0.5) is 5.69 Å². The van der Waals surface area contributed by atoms with Gasteiger partial charge in [0.05, 0.1) is 24.3 Å². The molecular weight excluding hydrogens is 236 g/mol. The molecule has 96 valence electrons. The second-order valence-electron chi connectivity index (χ2n) is 5.03. The van der Waals surface area contributed by atoms with Crippen molar-refractivity contribution in [3.8, 4) is 6.07 Å². The minimum atomic E-state index is -0.357. The van der Waals surface area contributed by atoms with Gasteiger partial charge in [-0.15, -0.1) is 0 Å². The Balaban J connectivity index is 1.84. The van der Waals surface area contributed by atoms with E-state index in [9.17, 15) is 5.26 Å². The van der Waals surface area contributed by atoms with Crippen LogP contribution in [-0.4, -0.2) is 9.55 Å². The smallest absolute Gasteiger partial charge is 0.156 e. The van der Waals surface area contributed by atoms with E-state index in [-0.39, 0.29) is 6.04 Å². The van der Waals surface area contributed by atoms with Crippen molar-refractivity contribution < 1.29 is 0 Å². The molecular formula is C15H16N4. The number of anilines is 1. The van der Waals surface area contributed by atoms with Gasteiger partial charge in [-0.25, -0.2) is 4.98 Å². The van der Waals surface area contributed by atoms with Gasteiger partial charge >= 0.3 is 0 Å². The second kappa shape index (κ2) is 4.77. The predicted molar refractivity (Wildman–Crippen MR) is 73.7 cm³/mol. The lowest BCUT2D eigenvalue weighted by molar-refractivity contribution is 0.684. The summed E-state index contributed by atoms with van der Waals surface area (Å²) < 4.78 is 2.12. The average Bonchev–Trinajstić information content (AvgIpc) is 3.14. The number of aromatic nitrogens is 2. The maximum absolute atomic E-state index is 9.40. The van der Waals surface area contributed by atoms with Crippen molar-refractivity contribution in [3.05, 3.63) is 48.0 Å². The Labute approximate surface area is 112 Å². The molecule has 0 aliphatic heterocycles.